The molecule has 0 saturated heterocycles. The summed E-state index contributed by atoms with van der Waals surface area (Å²) in [6.45, 7) is 1.38. The van der Waals surface area contributed by atoms with E-state index in [0.29, 0.717) is 16.6 Å². The third-order valence-corrected chi connectivity index (χ3v) is 5.00. The molecule has 0 aliphatic carbocycles. The molecule has 0 aliphatic heterocycles. The lowest BCUT2D eigenvalue weighted by Gasteiger charge is -2.14. The number of H-pyrrole nitrogens is 1. The van der Waals surface area contributed by atoms with Crippen LogP contribution in [0.3, 0.4) is 0 Å². The van der Waals surface area contributed by atoms with Crippen molar-refractivity contribution in [3.05, 3.63) is 70.5 Å². The van der Waals surface area contributed by atoms with Crippen molar-refractivity contribution in [1.29, 1.82) is 0 Å². The minimum Gasteiger partial charge on any atom is -0.449 e. The Bertz CT molecular complexity index is 1250. The lowest BCUT2D eigenvalue weighted by atomic mass is 10.1. The Morgan fingerprint density at radius 1 is 1.10 bits per heavy atom. The smallest absolute Gasteiger partial charge is 0.339 e. The number of nitrogens with two attached hydrogens (primary N) is 1. The van der Waals surface area contributed by atoms with Gasteiger partial charge in [-0.2, -0.15) is 0 Å². The Hall–Kier alpha value is -3.50. The van der Waals surface area contributed by atoms with E-state index in [1.54, 1.807) is 24.3 Å². The number of aromatic nitrogens is 1. The van der Waals surface area contributed by atoms with Crippen LogP contribution in [0.1, 0.15) is 17.3 Å². The number of sulfonamides is 1. The van der Waals surface area contributed by atoms with Crippen molar-refractivity contribution in [3.63, 3.8) is 0 Å². The summed E-state index contributed by atoms with van der Waals surface area (Å²) in [7, 11) is -3.84. The van der Waals surface area contributed by atoms with Gasteiger partial charge in [0.05, 0.1) is 10.5 Å². The SMILES string of the molecule is C[C@H](OC(=O)c1cc(=O)[nH]c2ccccc12)C(=O)Nc1ccc(S(N)(=O)=O)cc1. The van der Waals surface area contributed by atoms with Crippen LogP contribution in [0.5, 0.6) is 0 Å². The van der Waals surface area contributed by atoms with Gasteiger partial charge < -0.3 is 15.0 Å². The van der Waals surface area contributed by atoms with Crippen molar-refractivity contribution in [2.24, 2.45) is 5.14 Å². The molecule has 0 aliphatic rings. The number of amides is 1. The first-order valence-corrected chi connectivity index (χ1v) is 9.96. The van der Waals surface area contributed by atoms with E-state index in [9.17, 15) is 22.8 Å². The molecule has 0 radical (unpaired) electrons. The summed E-state index contributed by atoms with van der Waals surface area (Å²) in [5.41, 5.74) is 0.343. The highest BCUT2D eigenvalue weighted by molar-refractivity contribution is 7.89. The van der Waals surface area contributed by atoms with Crippen molar-refractivity contribution >= 4 is 38.5 Å². The number of benzene rings is 2. The zero-order chi connectivity index (χ0) is 21.2. The van der Waals surface area contributed by atoms with Crippen molar-refractivity contribution in [3.8, 4) is 0 Å². The number of hydrogen-bond donors (Lipinski definition) is 3. The molecular formula is C19H17N3O6S. The number of esters is 1. The van der Waals surface area contributed by atoms with Crippen molar-refractivity contribution < 1.29 is 22.7 Å². The van der Waals surface area contributed by atoms with Gasteiger partial charge in [0.1, 0.15) is 0 Å². The summed E-state index contributed by atoms with van der Waals surface area (Å²) >= 11 is 0. The zero-order valence-electron chi connectivity index (χ0n) is 15.2. The topological polar surface area (TPSA) is 148 Å². The van der Waals surface area contributed by atoms with E-state index in [0.717, 1.165) is 6.07 Å². The number of anilines is 1. The number of para-hydroxylation sites is 1. The van der Waals surface area contributed by atoms with E-state index in [-0.39, 0.29) is 10.5 Å². The molecule has 10 heteroatoms. The third kappa shape index (κ3) is 4.68. The second kappa shape index (κ2) is 7.86. The van der Waals surface area contributed by atoms with Gasteiger partial charge in [0.25, 0.3) is 5.91 Å². The molecule has 1 aromatic heterocycles. The minimum atomic E-state index is -3.84. The summed E-state index contributed by atoms with van der Waals surface area (Å²) in [4.78, 5) is 39.1. The van der Waals surface area contributed by atoms with Gasteiger partial charge in [-0.15, -0.1) is 0 Å². The molecule has 0 spiro atoms. The molecule has 29 heavy (non-hydrogen) atoms. The maximum absolute atomic E-state index is 12.5. The van der Waals surface area contributed by atoms with Crippen LogP contribution in [0.2, 0.25) is 0 Å². The van der Waals surface area contributed by atoms with Gasteiger partial charge in [-0.25, -0.2) is 18.4 Å². The van der Waals surface area contributed by atoms with E-state index in [1.165, 1.54) is 31.2 Å². The summed E-state index contributed by atoms with van der Waals surface area (Å²) in [6.07, 6.45) is -1.17. The van der Waals surface area contributed by atoms with Crippen LogP contribution in [0, 0.1) is 0 Å². The minimum absolute atomic E-state index is 0.0431. The molecule has 3 rings (SSSR count). The summed E-state index contributed by atoms with van der Waals surface area (Å²) in [5.74, 6) is -1.45. The number of aromatic amines is 1. The van der Waals surface area contributed by atoms with E-state index in [1.807, 2.05) is 0 Å². The first-order valence-electron chi connectivity index (χ1n) is 8.42. The van der Waals surface area contributed by atoms with E-state index in [2.05, 4.69) is 10.3 Å². The Labute approximate surface area is 165 Å². The average Bonchev–Trinajstić information content (AvgIpc) is 2.66. The Balaban J connectivity index is 1.73. The van der Waals surface area contributed by atoms with Gasteiger partial charge in [0.15, 0.2) is 6.10 Å². The lowest BCUT2D eigenvalue weighted by Crippen LogP contribution is -2.30. The normalized spacial score (nSPS) is 12.3. The highest BCUT2D eigenvalue weighted by Gasteiger charge is 2.21. The van der Waals surface area contributed by atoms with Crippen LogP contribution >= 0.6 is 0 Å². The number of fused-ring (bicyclic) bond motifs is 1. The number of carbonyl (C=O) groups excluding carboxylic acids is 2. The first kappa shape index (κ1) is 20.2. The predicted molar refractivity (Wildman–Crippen MR) is 106 cm³/mol. The second-order valence-electron chi connectivity index (χ2n) is 6.20. The van der Waals surface area contributed by atoms with Crippen LogP contribution in [0.4, 0.5) is 5.69 Å². The molecular weight excluding hydrogens is 398 g/mol. The molecule has 4 N–H and O–H groups in total. The van der Waals surface area contributed by atoms with E-state index < -0.39 is 33.6 Å². The molecule has 1 amide bonds. The molecule has 0 unspecified atom stereocenters. The number of ether oxygens (including phenoxy) is 1. The molecule has 0 fully saturated rings. The molecule has 0 saturated carbocycles. The van der Waals surface area contributed by atoms with E-state index >= 15 is 0 Å². The summed E-state index contributed by atoms with van der Waals surface area (Å²) in [6, 6.07) is 13.0. The standard InChI is InChI=1S/C19H17N3O6S/c1-11(18(24)21-12-6-8-13(9-7-12)29(20,26)27)28-19(25)15-10-17(23)22-16-5-3-2-4-14(15)16/h2-11H,1H3,(H,21,24)(H,22,23)(H2,20,26,27)/t11-/m0/s1. The molecule has 0 bridgehead atoms. The molecule has 3 aromatic rings. The fraction of sp³-hybridized carbons (Fsp3) is 0.105. The van der Waals surface area contributed by atoms with Gasteiger partial charge in [-0.3, -0.25) is 9.59 Å². The second-order valence-corrected chi connectivity index (χ2v) is 7.76. The number of nitrogens with one attached hydrogen (secondary N) is 2. The zero-order valence-corrected chi connectivity index (χ0v) is 16.0. The third-order valence-electron chi connectivity index (χ3n) is 4.07. The first-order chi connectivity index (χ1) is 13.6. The number of rotatable bonds is 5. The molecule has 9 nitrogen and oxygen atoms in total. The fourth-order valence-corrected chi connectivity index (χ4v) is 3.14. The number of hydrogen-bond acceptors (Lipinski definition) is 6. The van der Waals surface area contributed by atoms with Crippen LogP contribution < -0.4 is 16.0 Å². The van der Waals surface area contributed by atoms with Crippen molar-refractivity contribution in [2.45, 2.75) is 17.9 Å². The lowest BCUT2D eigenvalue weighted by molar-refractivity contribution is -0.123. The largest absolute Gasteiger partial charge is 0.449 e. The Kier molecular flexibility index (Phi) is 5.48. The van der Waals surface area contributed by atoms with Crippen LogP contribution in [0.25, 0.3) is 10.9 Å². The highest BCUT2D eigenvalue weighted by atomic mass is 32.2. The maximum Gasteiger partial charge on any atom is 0.339 e. The number of primary sulfonamides is 1. The fourth-order valence-electron chi connectivity index (χ4n) is 2.62. The number of pyridine rings is 1. The van der Waals surface area contributed by atoms with Gasteiger partial charge in [-0.05, 0) is 37.3 Å². The maximum atomic E-state index is 12.5. The summed E-state index contributed by atoms with van der Waals surface area (Å²) < 4.78 is 27.7. The van der Waals surface area contributed by atoms with Crippen LogP contribution in [-0.4, -0.2) is 31.4 Å². The Morgan fingerprint density at radius 3 is 2.41 bits per heavy atom. The molecule has 1 atom stereocenters. The Morgan fingerprint density at radius 2 is 1.76 bits per heavy atom. The van der Waals surface area contributed by atoms with Gasteiger partial charge in [0.2, 0.25) is 15.6 Å². The molecule has 1 heterocycles. The van der Waals surface area contributed by atoms with Crippen LogP contribution in [-0.2, 0) is 19.6 Å². The molecule has 2 aromatic carbocycles. The highest BCUT2D eigenvalue weighted by Crippen LogP contribution is 2.17. The van der Waals surface area contributed by atoms with Gasteiger partial charge in [-0.1, -0.05) is 18.2 Å². The molecule has 150 valence electrons. The predicted octanol–water partition coefficient (Wildman–Crippen LogP) is 1.36. The van der Waals surface area contributed by atoms with Gasteiger partial charge >= 0.3 is 5.97 Å². The van der Waals surface area contributed by atoms with Crippen LogP contribution in [0.15, 0.2) is 64.3 Å². The monoisotopic (exact) mass is 415 g/mol. The summed E-state index contributed by atoms with van der Waals surface area (Å²) in [5, 5.41) is 8.01. The average molecular weight is 415 g/mol. The number of carbonyl (C=O) groups is 2. The quantitative estimate of drug-likeness (QED) is 0.536. The van der Waals surface area contributed by atoms with E-state index in [4.69, 9.17) is 9.88 Å². The van der Waals surface area contributed by atoms with Crippen molar-refractivity contribution in [2.75, 3.05) is 5.32 Å². The van der Waals surface area contributed by atoms with Gasteiger partial charge in [0, 0.05) is 22.7 Å². The van der Waals surface area contributed by atoms with Crippen molar-refractivity contribution in [1.82, 2.24) is 4.98 Å².